The molecule has 0 aromatic heterocycles. The maximum absolute atomic E-state index is 11.7. The minimum atomic E-state index is -1.59. The zero-order valence-electron chi connectivity index (χ0n) is 31.3. The molecule has 12 nitrogen and oxygen atoms in total. The molecule has 6 N–H and O–H groups in total. The van der Waals surface area contributed by atoms with E-state index in [-0.39, 0.29) is 29.0 Å². The lowest BCUT2D eigenvalue weighted by atomic mass is 9.43. The summed E-state index contributed by atoms with van der Waals surface area (Å²) >= 11 is 0. The predicted molar refractivity (Wildman–Crippen MR) is 182 cm³/mol. The molecule has 8 aliphatic rings. The van der Waals surface area contributed by atoms with Crippen molar-refractivity contribution in [1.29, 1.82) is 0 Å². The fourth-order valence-electron chi connectivity index (χ4n) is 13.1. The topological polar surface area (TPSA) is 177 Å². The molecule has 1 spiro atoms. The van der Waals surface area contributed by atoms with Crippen molar-refractivity contribution in [2.24, 2.45) is 52.3 Å². The summed E-state index contributed by atoms with van der Waals surface area (Å²) in [5, 5.41) is 65.0. The second-order valence-electron chi connectivity index (χ2n) is 18.8. The standard InChI is InChI=1S/C39H64O12/c1-17-7-12-39(46-16-17)18(2)28-27(51-39)15-24-22-14-26(25-13-21(40)8-10-37(25,5)23(22)9-11-38(24,28)6)49-36-33(45)34(30(42)20(4)48-36)50-35-32(44)31(43)29(41)19(3)47-35/h17-36,40-45H,7-16H2,1-6H3. The Kier molecular flexibility index (Phi) is 9.79. The summed E-state index contributed by atoms with van der Waals surface area (Å²) in [4.78, 5) is 0. The van der Waals surface area contributed by atoms with E-state index in [4.69, 9.17) is 28.4 Å². The molecule has 8 fully saturated rings. The zero-order valence-corrected chi connectivity index (χ0v) is 31.3. The second-order valence-corrected chi connectivity index (χ2v) is 18.8. The van der Waals surface area contributed by atoms with Gasteiger partial charge in [-0.25, -0.2) is 0 Å². The molecule has 12 heteroatoms. The van der Waals surface area contributed by atoms with Gasteiger partial charge in [0.25, 0.3) is 0 Å². The summed E-state index contributed by atoms with van der Waals surface area (Å²) < 4.78 is 38.2. The van der Waals surface area contributed by atoms with E-state index in [0.29, 0.717) is 41.9 Å². The molecule has 0 aromatic carbocycles. The lowest BCUT2D eigenvalue weighted by Gasteiger charge is -2.63. The van der Waals surface area contributed by atoms with Gasteiger partial charge in [0.15, 0.2) is 18.4 Å². The Hall–Kier alpha value is -0.480. The first-order valence-corrected chi connectivity index (χ1v) is 20.1. The van der Waals surface area contributed by atoms with E-state index in [0.717, 1.165) is 58.0 Å². The summed E-state index contributed by atoms with van der Waals surface area (Å²) in [5.74, 6) is 2.22. The molecule has 0 aromatic rings. The molecule has 51 heavy (non-hydrogen) atoms. The van der Waals surface area contributed by atoms with Crippen LogP contribution in [0.3, 0.4) is 0 Å². The number of fused-ring (bicyclic) bond motifs is 7. The molecule has 292 valence electrons. The Bertz CT molecular complexity index is 1260. The Labute approximate surface area is 302 Å². The minimum Gasteiger partial charge on any atom is -0.393 e. The normalized spacial score (nSPS) is 61.4. The zero-order chi connectivity index (χ0) is 36.4. The molecule has 4 aliphatic carbocycles. The van der Waals surface area contributed by atoms with Crippen LogP contribution in [0.4, 0.5) is 0 Å². The van der Waals surface area contributed by atoms with Gasteiger partial charge in [-0.1, -0.05) is 27.7 Å². The fourth-order valence-corrected chi connectivity index (χ4v) is 13.1. The van der Waals surface area contributed by atoms with Gasteiger partial charge in [0.1, 0.15) is 36.6 Å². The quantitative estimate of drug-likeness (QED) is 0.234. The lowest BCUT2D eigenvalue weighted by molar-refractivity contribution is -0.363. The summed E-state index contributed by atoms with van der Waals surface area (Å²) in [6.07, 6.45) is -4.60. The highest BCUT2D eigenvalue weighted by atomic mass is 16.7. The molecule has 8 rings (SSSR count). The van der Waals surface area contributed by atoms with Gasteiger partial charge in [-0.3, -0.25) is 0 Å². The van der Waals surface area contributed by atoms with Crippen LogP contribution in [0.5, 0.6) is 0 Å². The first-order valence-electron chi connectivity index (χ1n) is 20.1. The van der Waals surface area contributed by atoms with Crippen molar-refractivity contribution < 1.29 is 59.1 Å². The van der Waals surface area contributed by atoms with Crippen LogP contribution in [-0.2, 0) is 28.4 Å². The molecular formula is C39H64O12. The number of aliphatic hydroxyl groups excluding tert-OH is 6. The number of rotatable bonds is 4. The average Bonchev–Trinajstić information content (AvgIpc) is 3.54. The molecule has 23 atom stereocenters. The maximum Gasteiger partial charge on any atom is 0.187 e. The summed E-state index contributed by atoms with van der Waals surface area (Å²) in [6, 6.07) is 0. The number of hydrogen-bond donors (Lipinski definition) is 6. The van der Waals surface area contributed by atoms with Crippen molar-refractivity contribution in [3.05, 3.63) is 0 Å². The third-order valence-electron chi connectivity index (χ3n) is 16.1. The average molecular weight is 725 g/mol. The molecule has 4 saturated carbocycles. The van der Waals surface area contributed by atoms with Gasteiger partial charge in [0, 0.05) is 12.3 Å². The summed E-state index contributed by atoms with van der Waals surface area (Å²) in [6.45, 7) is 13.5. The van der Waals surface area contributed by atoms with Gasteiger partial charge in [0.05, 0.1) is 37.1 Å². The van der Waals surface area contributed by atoms with E-state index in [1.807, 2.05) is 0 Å². The minimum absolute atomic E-state index is 0.0575. The summed E-state index contributed by atoms with van der Waals surface area (Å²) in [5.41, 5.74) is 0.0492. The molecule has 0 amide bonds. The molecule has 0 radical (unpaired) electrons. The van der Waals surface area contributed by atoms with E-state index in [1.165, 1.54) is 0 Å². The third kappa shape index (κ3) is 5.83. The Balaban J connectivity index is 1.04. The van der Waals surface area contributed by atoms with Crippen LogP contribution in [0.1, 0.15) is 99.3 Å². The number of ether oxygens (including phenoxy) is 6. The van der Waals surface area contributed by atoms with E-state index < -0.39 is 73.3 Å². The number of hydrogen-bond acceptors (Lipinski definition) is 12. The number of aliphatic hydroxyl groups is 6. The van der Waals surface area contributed by atoms with E-state index in [9.17, 15) is 30.6 Å². The smallest absolute Gasteiger partial charge is 0.187 e. The van der Waals surface area contributed by atoms with Crippen molar-refractivity contribution >= 4 is 0 Å². The third-order valence-corrected chi connectivity index (χ3v) is 16.1. The molecule has 4 heterocycles. The Morgan fingerprint density at radius 1 is 0.627 bits per heavy atom. The molecular weight excluding hydrogens is 660 g/mol. The van der Waals surface area contributed by atoms with Crippen molar-refractivity contribution in [2.45, 2.75) is 185 Å². The summed E-state index contributed by atoms with van der Waals surface area (Å²) in [7, 11) is 0. The van der Waals surface area contributed by atoms with Crippen LogP contribution in [-0.4, -0.2) is 123 Å². The van der Waals surface area contributed by atoms with Crippen LogP contribution in [0.15, 0.2) is 0 Å². The van der Waals surface area contributed by atoms with Crippen LogP contribution < -0.4 is 0 Å². The second kappa shape index (κ2) is 13.3. The Morgan fingerprint density at radius 3 is 2.02 bits per heavy atom. The maximum atomic E-state index is 11.7. The molecule has 4 aliphatic heterocycles. The van der Waals surface area contributed by atoms with Crippen LogP contribution in [0.25, 0.3) is 0 Å². The Morgan fingerprint density at radius 2 is 1.31 bits per heavy atom. The van der Waals surface area contributed by atoms with Crippen molar-refractivity contribution in [3.63, 3.8) is 0 Å². The van der Waals surface area contributed by atoms with Crippen molar-refractivity contribution in [3.8, 4) is 0 Å². The predicted octanol–water partition coefficient (Wildman–Crippen LogP) is 2.47. The van der Waals surface area contributed by atoms with E-state index in [1.54, 1.807) is 13.8 Å². The van der Waals surface area contributed by atoms with Gasteiger partial charge in [0.2, 0.25) is 0 Å². The van der Waals surface area contributed by atoms with Gasteiger partial charge >= 0.3 is 0 Å². The molecule has 4 saturated heterocycles. The highest BCUT2D eigenvalue weighted by molar-refractivity contribution is 5.16. The largest absolute Gasteiger partial charge is 0.393 e. The van der Waals surface area contributed by atoms with Gasteiger partial charge in [-0.15, -0.1) is 0 Å². The van der Waals surface area contributed by atoms with E-state index >= 15 is 0 Å². The van der Waals surface area contributed by atoms with Crippen molar-refractivity contribution in [1.82, 2.24) is 0 Å². The highest BCUT2D eigenvalue weighted by Gasteiger charge is 2.70. The monoisotopic (exact) mass is 724 g/mol. The van der Waals surface area contributed by atoms with Gasteiger partial charge in [-0.2, -0.15) is 0 Å². The van der Waals surface area contributed by atoms with E-state index in [2.05, 4.69) is 27.7 Å². The van der Waals surface area contributed by atoms with Crippen LogP contribution in [0.2, 0.25) is 0 Å². The highest BCUT2D eigenvalue weighted by Crippen LogP contribution is 2.71. The first-order chi connectivity index (χ1) is 24.1. The van der Waals surface area contributed by atoms with Gasteiger partial charge < -0.3 is 59.1 Å². The fraction of sp³-hybridized carbons (Fsp3) is 1.00. The molecule has 23 unspecified atom stereocenters. The van der Waals surface area contributed by atoms with Crippen molar-refractivity contribution in [2.75, 3.05) is 6.61 Å². The van der Waals surface area contributed by atoms with Crippen LogP contribution in [0, 0.1) is 52.3 Å². The molecule has 0 bridgehead atoms. The van der Waals surface area contributed by atoms with Crippen LogP contribution >= 0.6 is 0 Å². The SMILES string of the molecule is CC1CCC2(OC1)OC1CC3C4CC(OC5OC(C)C(O)C(OC6OC(C)C(O)C(O)C6O)C5O)C5CC(O)CCC5(C)C4CCC3(C)C1C2C. The first kappa shape index (κ1) is 37.4. The lowest BCUT2D eigenvalue weighted by Crippen LogP contribution is -2.64. The van der Waals surface area contributed by atoms with Gasteiger partial charge in [-0.05, 0) is 112 Å².